The zero-order valence-corrected chi connectivity index (χ0v) is 7.73. The Bertz CT molecular complexity index is 480. The zero-order valence-electron chi connectivity index (χ0n) is 6.21. The molecule has 4 nitrogen and oxygen atoms in total. The summed E-state index contributed by atoms with van der Waals surface area (Å²) in [7, 11) is 0. The summed E-state index contributed by atoms with van der Waals surface area (Å²) < 4.78 is 0. The topological polar surface area (TPSA) is 58.6 Å². The van der Waals surface area contributed by atoms with Gasteiger partial charge in [-0.15, -0.1) is 0 Å². The predicted octanol–water partition coefficient (Wildman–Crippen LogP) is 2.08. The lowest BCUT2D eigenvalue weighted by Gasteiger charge is -1.93. The molecule has 0 radical (unpaired) electrons. The number of nitrogens with one attached hydrogen (secondary N) is 1. The summed E-state index contributed by atoms with van der Waals surface area (Å²) in [4.78, 5) is 20.9. The average molecular weight is 216 g/mol. The van der Waals surface area contributed by atoms with Gasteiger partial charge >= 0.3 is 0 Å². The van der Waals surface area contributed by atoms with Crippen molar-refractivity contribution in [3.63, 3.8) is 0 Å². The van der Waals surface area contributed by atoms with Crippen LogP contribution in [0.1, 0.15) is 10.4 Å². The number of carbonyl (C=O) groups is 1. The molecule has 2 aromatic rings. The molecule has 0 bridgehead atoms. The maximum Gasteiger partial charge on any atom is 0.224 e. The first-order chi connectivity index (χ1) is 6.22. The normalized spacial score (nSPS) is 10.6. The van der Waals surface area contributed by atoms with E-state index in [2.05, 4.69) is 15.0 Å². The summed E-state index contributed by atoms with van der Waals surface area (Å²) in [5.41, 5.74) is 1.38. The molecule has 0 saturated carbocycles. The molecule has 0 aliphatic carbocycles. The number of hydrogen-bond donors (Lipinski definition) is 1. The Kier molecular flexibility index (Phi) is 1.94. The summed E-state index contributed by atoms with van der Waals surface area (Å²) in [6, 6.07) is 0. The van der Waals surface area contributed by atoms with Crippen LogP contribution in [0.3, 0.4) is 0 Å². The summed E-state index contributed by atoms with van der Waals surface area (Å²) >= 11 is 11.3. The molecule has 0 aliphatic heterocycles. The number of aldehydes is 1. The first-order valence-electron chi connectivity index (χ1n) is 3.37. The van der Waals surface area contributed by atoms with Crippen LogP contribution in [0.5, 0.6) is 0 Å². The molecule has 1 N–H and O–H groups in total. The van der Waals surface area contributed by atoms with E-state index in [1.54, 1.807) is 0 Å². The number of nitrogens with zero attached hydrogens (tertiary/aromatic N) is 2. The summed E-state index contributed by atoms with van der Waals surface area (Å²) in [6.07, 6.45) is 2.19. The van der Waals surface area contributed by atoms with E-state index < -0.39 is 0 Å². The maximum atomic E-state index is 10.5. The Morgan fingerprint density at radius 1 is 1.38 bits per heavy atom. The van der Waals surface area contributed by atoms with Gasteiger partial charge in [-0.05, 0) is 11.6 Å². The van der Waals surface area contributed by atoms with Crippen molar-refractivity contribution >= 4 is 40.5 Å². The molecule has 2 rings (SSSR count). The third kappa shape index (κ3) is 1.28. The van der Waals surface area contributed by atoms with Crippen LogP contribution in [0.15, 0.2) is 6.20 Å². The number of fused-ring (bicyclic) bond motifs is 1. The number of aromatic amines is 1. The molecular weight excluding hydrogens is 213 g/mol. The molecular formula is C7H3Cl2N3O. The smallest absolute Gasteiger partial charge is 0.224 e. The molecule has 0 fully saturated rings. The second-order valence-electron chi connectivity index (χ2n) is 2.37. The second-order valence-corrected chi connectivity index (χ2v) is 3.06. The summed E-state index contributed by atoms with van der Waals surface area (Å²) in [6.45, 7) is 0. The highest BCUT2D eigenvalue weighted by Crippen LogP contribution is 2.22. The van der Waals surface area contributed by atoms with E-state index in [-0.39, 0.29) is 10.4 Å². The van der Waals surface area contributed by atoms with Crippen molar-refractivity contribution in [1.82, 2.24) is 15.0 Å². The average Bonchev–Trinajstić information content (AvgIpc) is 2.47. The minimum atomic E-state index is 0.0280. The zero-order chi connectivity index (χ0) is 9.42. The van der Waals surface area contributed by atoms with Crippen molar-refractivity contribution in [2.45, 2.75) is 0 Å². The third-order valence-corrected chi connectivity index (χ3v) is 2.05. The van der Waals surface area contributed by atoms with Crippen molar-refractivity contribution < 1.29 is 4.79 Å². The van der Waals surface area contributed by atoms with Gasteiger partial charge < -0.3 is 4.98 Å². The fourth-order valence-corrected chi connectivity index (χ4v) is 1.49. The Balaban J connectivity index is 2.89. The highest BCUT2D eigenvalue weighted by atomic mass is 35.5. The lowest BCUT2D eigenvalue weighted by molar-refractivity contribution is 0.112. The SMILES string of the molecule is O=Cc1c[nH]c2c(Cl)nc(Cl)nc12. The van der Waals surface area contributed by atoms with E-state index in [4.69, 9.17) is 23.2 Å². The highest BCUT2D eigenvalue weighted by molar-refractivity contribution is 6.35. The van der Waals surface area contributed by atoms with Crippen molar-refractivity contribution in [1.29, 1.82) is 0 Å². The first kappa shape index (κ1) is 8.47. The molecule has 6 heteroatoms. The van der Waals surface area contributed by atoms with Gasteiger partial charge in [0.25, 0.3) is 0 Å². The fraction of sp³-hybridized carbons (Fsp3) is 0. The van der Waals surface area contributed by atoms with Crippen LogP contribution in [0.4, 0.5) is 0 Å². The number of rotatable bonds is 1. The molecule has 0 unspecified atom stereocenters. The van der Waals surface area contributed by atoms with E-state index in [1.165, 1.54) is 6.20 Å². The van der Waals surface area contributed by atoms with Gasteiger partial charge in [0, 0.05) is 6.20 Å². The van der Waals surface area contributed by atoms with Gasteiger partial charge in [0.1, 0.15) is 11.0 Å². The van der Waals surface area contributed by atoms with Crippen molar-refractivity contribution in [3.05, 3.63) is 22.2 Å². The Labute approximate surface area is 82.9 Å². The van der Waals surface area contributed by atoms with Crippen LogP contribution >= 0.6 is 23.2 Å². The van der Waals surface area contributed by atoms with Crippen molar-refractivity contribution in [3.8, 4) is 0 Å². The quantitative estimate of drug-likeness (QED) is 0.451. The molecule has 2 aromatic heterocycles. The van der Waals surface area contributed by atoms with Crippen LogP contribution in [0.2, 0.25) is 10.4 Å². The van der Waals surface area contributed by atoms with E-state index >= 15 is 0 Å². The molecule has 0 aliphatic rings. The predicted molar refractivity (Wildman–Crippen MR) is 49.3 cm³/mol. The molecule has 13 heavy (non-hydrogen) atoms. The van der Waals surface area contributed by atoms with Gasteiger partial charge in [-0.3, -0.25) is 4.79 Å². The minimum Gasteiger partial charge on any atom is -0.357 e. The summed E-state index contributed by atoms with van der Waals surface area (Å²) in [5, 5.41) is 0.239. The standard InChI is InChI=1S/C7H3Cl2N3O/c8-6-5-4(11-7(9)12-6)3(2-13)1-10-5/h1-2,10H. The first-order valence-corrected chi connectivity index (χ1v) is 4.13. The van der Waals surface area contributed by atoms with Crippen LogP contribution < -0.4 is 0 Å². The van der Waals surface area contributed by atoms with Crippen LogP contribution in [-0.2, 0) is 0 Å². The van der Waals surface area contributed by atoms with Crippen molar-refractivity contribution in [2.75, 3.05) is 0 Å². The van der Waals surface area contributed by atoms with Gasteiger partial charge in [-0.25, -0.2) is 9.97 Å². The van der Waals surface area contributed by atoms with E-state index in [9.17, 15) is 4.79 Å². The summed E-state index contributed by atoms with van der Waals surface area (Å²) in [5.74, 6) is 0. The molecule has 0 amide bonds. The molecule has 66 valence electrons. The second kappa shape index (κ2) is 2.97. The number of aromatic nitrogens is 3. The largest absolute Gasteiger partial charge is 0.357 e. The molecule has 2 heterocycles. The Morgan fingerprint density at radius 3 is 2.85 bits per heavy atom. The van der Waals surface area contributed by atoms with Crippen LogP contribution in [0.25, 0.3) is 11.0 Å². The highest BCUT2D eigenvalue weighted by Gasteiger charge is 2.09. The molecule has 0 spiro atoms. The van der Waals surface area contributed by atoms with Crippen LogP contribution in [0, 0.1) is 0 Å². The van der Waals surface area contributed by atoms with Gasteiger partial charge in [-0.2, -0.15) is 0 Å². The van der Waals surface area contributed by atoms with Gasteiger partial charge in [0.05, 0.1) is 5.56 Å². The van der Waals surface area contributed by atoms with Crippen molar-refractivity contribution in [2.24, 2.45) is 0 Å². The lowest BCUT2D eigenvalue weighted by atomic mass is 10.3. The molecule has 0 aromatic carbocycles. The van der Waals surface area contributed by atoms with Gasteiger partial charge in [0.2, 0.25) is 5.28 Å². The number of hydrogen-bond acceptors (Lipinski definition) is 3. The third-order valence-electron chi connectivity index (χ3n) is 1.61. The Morgan fingerprint density at radius 2 is 2.15 bits per heavy atom. The van der Waals surface area contributed by atoms with Gasteiger partial charge in [-0.1, -0.05) is 11.6 Å². The number of carbonyl (C=O) groups excluding carboxylic acids is 1. The van der Waals surface area contributed by atoms with Crippen LogP contribution in [-0.4, -0.2) is 21.2 Å². The van der Waals surface area contributed by atoms with E-state index in [0.717, 1.165) is 0 Å². The van der Waals surface area contributed by atoms with Gasteiger partial charge in [0.15, 0.2) is 11.4 Å². The monoisotopic (exact) mass is 215 g/mol. The Hall–Kier alpha value is -1.13. The van der Waals surface area contributed by atoms with E-state index in [1.807, 2.05) is 0 Å². The molecule has 0 atom stereocenters. The maximum absolute atomic E-state index is 10.5. The molecule has 0 saturated heterocycles. The number of H-pyrrole nitrogens is 1. The lowest BCUT2D eigenvalue weighted by Crippen LogP contribution is -1.86. The van der Waals surface area contributed by atoms with E-state index in [0.29, 0.717) is 22.9 Å². The fourth-order valence-electron chi connectivity index (χ4n) is 1.05. The minimum absolute atomic E-state index is 0.0280. The number of halogens is 2.